The second-order valence-corrected chi connectivity index (χ2v) is 7.66. The molecule has 5 rings (SSSR count). The van der Waals surface area contributed by atoms with Gasteiger partial charge in [0.2, 0.25) is 5.88 Å². The number of nitrogens with one attached hydrogen (secondary N) is 1. The van der Waals surface area contributed by atoms with E-state index < -0.39 is 5.92 Å². The standard InChI is InChI=1S/C25H19N3O2/c1-13-7-8-16-11-19(25(29)28-22(16)14(13)2)21-18-10-9-15-5-3-4-6-17(15)23(18)30-24(27)20(21)12-26/h3-11,21H,27H2,1-2H3,(H,28,29)/t21-/m0/s1. The maximum absolute atomic E-state index is 13.2. The van der Waals surface area contributed by atoms with Crippen LogP contribution in [-0.4, -0.2) is 4.98 Å². The molecule has 0 aliphatic carbocycles. The van der Waals surface area contributed by atoms with Crippen molar-refractivity contribution in [1.82, 2.24) is 4.98 Å². The number of allylic oxidation sites excluding steroid dienone is 1. The fourth-order valence-corrected chi connectivity index (χ4v) is 4.26. The van der Waals surface area contributed by atoms with Crippen molar-refractivity contribution in [1.29, 1.82) is 5.26 Å². The van der Waals surface area contributed by atoms with Gasteiger partial charge in [0.25, 0.3) is 5.56 Å². The van der Waals surface area contributed by atoms with Crippen LogP contribution in [0.25, 0.3) is 21.7 Å². The predicted octanol–water partition coefficient (Wildman–Crippen LogP) is 4.52. The first-order valence-corrected chi connectivity index (χ1v) is 9.72. The Morgan fingerprint density at radius 2 is 1.80 bits per heavy atom. The van der Waals surface area contributed by atoms with Crippen molar-refractivity contribution in [2.24, 2.45) is 5.73 Å². The van der Waals surface area contributed by atoms with Crippen molar-refractivity contribution in [2.75, 3.05) is 0 Å². The number of benzene rings is 3. The Bertz CT molecular complexity index is 1490. The topological polar surface area (TPSA) is 91.9 Å². The van der Waals surface area contributed by atoms with Gasteiger partial charge in [-0.25, -0.2) is 0 Å². The highest BCUT2D eigenvalue weighted by atomic mass is 16.5. The lowest BCUT2D eigenvalue weighted by atomic mass is 9.82. The van der Waals surface area contributed by atoms with Crippen molar-refractivity contribution >= 4 is 21.7 Å². The SMILES string of the molecule is Cc1ccc2cc([C@H]3C(C#N)=C(N)Oc4c3ccc3ccccc43)c(=O)[nH]c2c1C. The Morgan fingerprint density at radius 1 is 1.03 bits per heavy atom. The van der Waals surface area contributed by atoms with Gasteiger partial charge in [0, 0.05) is 16.5 Å². The van der Waals surface area contributed by atoms with Gasteiger partial charge in [-0.15, -0.1) is 0 Å². The molecule has 0 saturated carbocycles. The highest BCUT2D eigenvalue weighted by Gasteiger charge is 2.33. The van der Waals surface area contributed by atoms with E-state index in [0.29, 0.717) is 11.3 Å². The van der Waals surface area contributed by atoms with Crippen molar-refractivity contribution in [3.63, 3.8) is 0 Å². The van der Waals surface area contributed by atoms with Gasteiger partial charge in [-0.3, -0.25) is 4.79 Å². The first kappa shape index (κ1) is 18.0. The number of ether oxygens (including phenoxy) is 1. The molecule has 0 bridgehead atoms. The summed E-state index contributed by atoms with van der Waals surface area (Å²) in [4.78, 5) is 16.2. The van der Waals surface area contributed by atoms with Gasteiger partial charge in [0.15, 0.2) is 0 Å². The Kier molecular flexibility index (Phi) is 3.90. The number of aryl methyl sites for hydroxylation is 2. The van der Waals surface area contributed by atoms with Gasteiger partial charge in [0.1, 0.15) is 17.4 Å². The molecule has 3 aromatic carbocycles. The largest absolute Gasteiger partial charge is 0.440 e. The zero-order valence-corrected chi connectivity index (χ0v) is 16.6. The maximum Gasteiger partial charge on any atom is 0.252 e. The average molecular weight is 393 g/mol. The molecular weight excluding hydrogens is 374 g/mol. The van der Waals surface area contributed by atoms with Crippen LogP contribution >= 0.6 is 0 Å². The van der Waals surface area contributed by atoms with Crippen molar-refractivity contribution in [3.05, 3.63) is 98.7 Å². The van der Waals surface area contributed by atoms with E-state index in [1.807, 2.05) is 68.4 Å². The normalized spacial score (nSPS) is 15.7. The number of aromatic nitrogens is 1. The fourth-order valence-electron chi connectivity index (χ4n) is 4.26. The van der Waals surface area contributed by atoms with Crippen LogP contribution in [0.15, 0.2) is 70.8 Å². The monoisotopic (exact) mass is 393 g/mol. The maximum atomic E-state index is 13.2. The zero-order chi connectivity index (χ0) is 21.0. The van der Waals surface area contributed by atoms with E-state index in [0.717, 1.165) is 38.4 Å². The van der Waals surface area contributed by atoms with Crippen LogP contribution in [0.2, 0.25) is 0 Å². The molecular formula is C25H19N3O2. The first-order valence-electron chi connectivity index (χ1n) is 9.72. The van der Waals surface area contributed by atoms with Crippen LogP contribution in [0.1, 0.15) is 28.2 Å². The summed E-state index contributed by atoms with van der Waals surface area (Å²) >= 11 is 0. The number of nitrogens with two attached hydrogens (primary N) is 1. The smallest absolute Gasteiger partial charge is 0.252 e. The van der Waals surface area contributed by atoms with Gasteiger partial charge in [0.05, 0.1) is 11.4 Å². The van der Waals surface area contributed by atoms with Crippen molar-refractivity contribution in [2.45, 2.75) is 19.8 Å². The molecule has 0 unspecified atom stereocenters. The van der Waals surface area contributed by atoms with Gasteiger partial charge in [-0.2, -0.15) is 5.26 Å². The predicted molar refractivity (Wildman–Crippen MR) is 117 cm³/mol. The molecule has 1 aliphatic rings. The zero-order valence-electron chi connectivity index (χ0n) is 16.6. The number of aromatic amines is 1. The molecule has 0 spiro atoms. The van der Waals surface area contributed by atoms with Gasteiger partial charge in [-0.05, 0) is 41.8 Å². The summed E-state index contributed by atoms with van der Waals surface area (Å²) in [5, 5.41) is 12.6. The molecule has 2 heterocycles. The van der Waals surface area contributed by atoms with E-state index in [1.54, 1.807) is 0 Å². The summed E-state index contributed by atoms with van der Waals surface area (Å²) in [5.41, 5.74) is 10.3. The van der Waals surface area contributed by atoms with Crippen LogP contribution in [0, 0.1) is 25.2 Å². The molecule has 5 nitrogen and oxygen atoms in total. The van der Waals surface area contributed by atoms with E-state index in [1.165, 1.54) is 0 Å². The van der Waals surface area contributed by atoms with E-state index in [4.69, 9.17) is 10.5 Å². The summed E-state index contributed by atoms with van der Waals surface area (Å²) in [5.74, 6) is 0.0261. The third kappa shape index (κ3) is 2.51. The number of hydrogen-bond acceptors (Lipinski definition) is 4. The number of rotatable bonds is 1. The van der Waals surface area contributed by atoms with Crippen LogP contribution < -0.4 is 16.0 Å². The molecule has 0 radical (unpaired) electrons. The third-order valence-corrected chi connectivity index (χ3v) is 6.00. The quantitative estimate of drug-likeness (QED) is 0.497. The number of fused-ring (bicyclic) bond motifs is 4. The first-order chi connectivity index (χ1) is 14.5. The Morgan fingerprint density at radius 3 is 2.60 bits per heavy atom. The fraction of sp³-hybridized carbons (Fsp3) is 0.120. The van der Waals surface area contributed by atoms with E-state index >= 15 is 0 Å². The summed E-state index contributed by atoms with van der Waals surface area (Å²) < 4.78 is 5.89. The molecule has 0 amide bonds. The lowest BCUT2D eigenvalue weighted by Crippen LogP contribution is -2.25. The highest BCUT2D eigenvalue weighted by Crippen LogP contribution is 2.44. The van der Waals surface area contributed by atoms with Crippen molar-refractivity contribution < 1.29 is 4.74 Å². The molecule has 1 aromatic heterocycles. The molecule has 0 saturated heterocycles. The number of nitrogens with zero attached hydrogens (tertiary/aromatic N) is 1. The van der Waals surface area contributed by atoms with Crippen LogP contribution in [0.5, 0.6) is 5.75 Å². The minimum atomic E-state index is -0.599. The Labute approximate surface area is 173 Å². The van der Waals surface area contributed by atoms with Crippen molar-refractivity contribution in [3.8, 4) is 11.8 Å². The summed E-state index contributed by atoms with van der Waals surface area (Å²) in [6.45, 7) is 4.00. The summed E-state index contributed by atoms with van der Waals surface area (Å²) in [6.07, 6.45) is 0. The highest BCUT2D eigenvalue weighted by molar-refractivity contribution is 5.91. The van der Waals surface area contributed by atoms with Crippen LogP contribution in [0.3, 0.4) is 0 Å². The van der Waals surface area contributed by atoms with Gasteiger partial charge >= 0.3 is 0 Å². The molecule has 30 heavy (non-hydrogen) atoms. The Balaban J connectivity index is 1.83. The van der Waals surface area contributed by atoms with Crippen LogP contribution in [-0.2, 0) is 0 Å². The van der Waals surface area contributed by atoms with Gasteiger partial charge in [-0.1, -0.05) is 48.5 Å². The minimum Gasteiger partial charge on any atom is -0.440 e. The molecule has 1 atom stereocenters. The van der Waals surface area contributed by atoms with Gasteiger partial charge < -0.3 is 15.5 Å². The number of H-pyrrole nitrogens is 1. The second kappa shape index (κ2) is 6.50. The summed E-state index contributed by atoms with van der Waals surface area (Å²) in [6, 6.07) is 19.7. The third-order valence-electron chi connectivity index (χ3n) is 6.00. The number of hydrogen-bond donors (Lipinski definition) is 2. The van der Waals surface area contributed by atoms with E-state index in [2.05, 4.69) is 11.1 Å². The van der Waals surface area contributed by atoms with E-state index in [9.17, 15) is 10.1 Å². The molecule has 4 aromatic rings. The van der Waals surface area contributed by atoms with E-state index in [-0.39, 0.29) is 17.0 Å². The Hall–Kier alpha value is -4.04. The second-order valence-electron chi connectivity index (χ2n) is 7.66. The number of pyridine rings is 1. The van der Waals surface area contributed by atoms with Crippen LogP contribution in [0.4, 0.5) is 0 Å². The molecule has 0 fully saturated rings. The summed E-state index contributed by atoms with van der Waals surface area (Å²) in [7, 11) is 0. The molecule has 1 aliphatic heterocycles. The molecule has 5 heteroatoms. The molecule has 3 N–H and O–H groups in total. The molecule has 146 valence electrons. The lowest BCUT2D eigenvalue weighted by molar-refractivity contribution is 0.398. The lowest BCUT2D eigenvalue weighted by Gasteiger charge is -2.27. The minimum absolute atomic E-state index is 0.0333. The number of nitriles is 1. The average Bonchev–Trinajstić information content (AvgIpc) is 2.75.